The second kappa shape index (κ2) is 11.9. The predicted molar refractivity (Wildman–Crippen MR) is 101 cm³/mol. The molecule has 0 aliphatic carbocycles. The van der Waals surface area contributed by atoms with Gasteiger partial charge in [-0.15, -0.1) is 6.58 Å². The van der Waals surface area contributed by atoms with Crippen LogP contribution in [0.15, 0.2) is 36.0 Å². The SMILES string of the molecule is C=CCNC(=S)N/N=C/c1ccc(OCC(=O)OCC)c(OCC)c1. The van der Waals surface area contributed by atoms with E-state index in [2.05, 4.69) is 22.4 Å². The maximum Gasteiger partial charge on any atom is 0.344 e. The second-order valence-electron chi connectivity index (χ2n) is 4.60. The number of ether oxygens (including phenoxy) is 3. The fourth-order valence-electron chi connectivity index (χ4n) is 1.70. The van der Waals surface area contributed by atoms with E-state index < -0.39 is 5.97 Å². The fourth-order valence-corrected chi connectivity index (χ4v) is 1.84. The van der Waals surface area contributed by atoms with Gasteiger partial charge < -0.3 is 19.5 Å². The first kappa shape index (κ1) is 20.4. The Morgan fingerprint density at radius 1 is 1.28 bits per heavy atom. The second-order valence-corrected chi connectivity index (χ2v) is 5.01. The van der Waals surface area contributed by atoms with Gasteiger partial charge in [-0.05, 0) is 49.8 Å². The molecule has 0 unspecified atom stereocenters. The van der Waals surface area contributed by atoms with Gasteiger partial charge in [0, 0.05) is 6.54 Å². The summed E-state index contributed by atoms with van der Waals surface area (Å²) in [6.45, 7) is 8.35. The van der Waals surface area contributed by atoms with Crippen LogP contribution in [-0.4, -0.2) is 43.7 Å². The molecule has 0 atom stereocenters. The maximum atomic E-state index is 11.4. The van der Waals surface area contributed by atoms with Crippen molar-refractivity contribution in [2.45, 2.75) is 13.8 Å². The molecule has 136 valence electrons. The fraction of sp³-hybridized carbons (Fsp3) is 0.353. The number of esters is 1. The van der Waals surface area contributed by atoms with Crippen molar-refractivity contribution in [3.63, 3.8) is 0 Å². The van der Waals surface area contributed by atoms with Crippen LogP contribution in [0.3, 0.4) is 0 Å². The molecule has 2 N–H and O–H groups in total. The van der Waals surface area contributed by atoms with Gasteiger partial charge in [0.25, 0.3) is 0 Å². The molecule has 0 spiro atoms. The number of rotatable bonds is 10. The minimum Gasteiger partial charge on any atom is -0.490 e. The molecule has 1 aromatic rings. The standard InChI is InChI=1S/C17H23N3O4S/c1-4-9-18-17(25)20-19-11-13-7-8-14(15(10-13)22-5-2)24-12-16(21)23-6-3/h4,7-8,10-11H,1,5-6,9,12H2,2-3H3,(H2,18,20,25)/b19-11+. The van der Waals surface area contributed by atoms with Gasteiger partial charge in [0.05, 0.1) is 19.4 Å². The highest BCUT2D eigenvalue weighted by Crippen LogP contribution is 2.28. The number of hydrazone groups is 1. The molecule has 0 heterocycles. The lowest BCUT2D eigenvalue weighted by atomic mass is 10.2. The van der Waals surface area contributed by atoms with Crippen molar-refractivity contribution in [2.75, 3.05) is 26.4 Å². The average Bonchev–Trinajstić information content (AvgIpc) is 2.60. The zero-order valence-electron chi connectivity index (χ0n) is 14.4. The lowest BCUT2D eigenvalue weighted by molar-refractivity contribution is -0.145. The highest BCUT2D eigenvalue weighted by atomic mass is 32.1. The van der Waals surface area contributed by atoms with Crippen LogP contribution in [-0.2, 0) is 9.53 Å². The summed E-state index contributed by atoms with van der Waals surface area (Å²) in [7, 11) is 0. The number of hydrogen-bond acceptors (Lipinski definition) is 6. The van der Waals surface area contributed by atoms with Gasteiger partial charge in [-0.1, -0.05) is 6.08 Å². The van der Waals surface area contributed by atoms with E-state index in [-0.39, 0.29) is 6.61 Å². The van der Waals surface area contributed by atoms with Crippen molar-refractivity contribution in [1.82, 2.24) is 10.7 Å². The third-order valence-electron chi connectivity index (χ3n) is 2.71. The monoisotopic (exact) mass is 365 g/mol. The van der Waals surface area contributed by atoms with Gasteiger partial charge in [0.1, 0.15) is 0 Å². The Kier molecular flexibility index (Phi) is 9.69. The molecule has 0 aromatic heterocycles. The number of thiocarbonyl (C=S) groups is 1. The summed E-state index contributed by atoms with van der Waals surface area (Å²) in [4.78, 5) is 11.4. The Hall–Kier alpha value is -2.61. The van der Waals surface area contributed by atoms with Crippen molar-refractivity contribution in [3.05, 3.63) is 36.4 Å². The van der Waals surface area contributed by atoms with E-state index in [4.69, 9.17) is 26.4 Å². The normalized spacial score (nSPS) is 10.2. The maximum absolute atomic E-state index is 11.4. The van der Waals surface area contributed by atoms with E-state index in [9.17, 15) is 4.79 Å². The summed E-state index contributed by atoms with van der Waals surface area (Å²) in [6.07, 6.45) is 3.29. The molecular formula is C17H23N3O4S. The van der Waals surface area contributed by atoms with Crippen LogP contribution in [0.25, 0.3) is 0 Å². The molecule has 0 amide bonds. The molecule has 25 heavy (non-hydrogen) atoms. The Bertz CT molecular complexity index is 620. The van der Waals surface area contributed by atoms with E-state index in [0.29, 0.717) is 36.4 Å². The van der Waals surface area contributed by atoms with E-state index in [0.717, 1.165) is 5.56 Å². The number of nitrogens with one attached hydrogen (secondary N) is 2. The average molecular weight is 365 g/mol. The van der Waals surface area contributed by atoms with Crippen LogP contribution >= 0.6 is 12.2 Å². The van der Waals surface area contributed by atoms with Crippen LogP contribution in [0.5, 0.6) is 11.5 Å². The molecule has 0 saturated carbocycles. The number of carbonyl (C=O) groups is 1. The van der Waals surface area contributed by atoms with Crippen LogP contribution < -0.4 is 20.2 Å². The predicted octanol–water partition coefficient (Wildman–Crippen LogP) is 2.01. The van der Waals surface area contributed by atoms with Crippen LogP contribution in [0.1, 0.15) is 19.4 Å². The van der Waals surface area contributed by atoms with Gasteiger partial charge in [-0.2, -0.15) is 5.10 Å². The van der Waals surface area contributed by atoms with Crippen LogP contribution in [0.2, 0.25) is 0 Å². The summed E-state index contributed by atoms with van der Waals surface area (Å²) in [5, 5.41) is 7.34. The van der Waals surface area contributed by atoms with Crippen molar-refractivity contribution in [3.8, 4) is 11.5 Å². The number of hydrogen-bond donors (Lipinski definition) is 2. The zero-order valence-corrected chi connectivity index (χ0v) is 15.2. The van der Waals surface area contributed by atoms with Gasteiger partial charge in [0.15, 0.2) is 23.2 Å². The summed E-state index contributed by atoms with van der Waals surface area (Å²) < 4.78 is 15.8. The van der Waals surface area contributed by atoms with Gasteiger partial charge in [-0.3, -0.25) is 5.43 Å². The molecule has 0 aliphatic heterocycles. The quantitative estimate of drug-likeness (QED) is 0.216. The van der Waals surface area contributed by atoms with Gasteiger partial charge >= 0.3 is 5.97 Å². The first-order valence-corrected chi connectivity index (χ1v) is 8.24. The molecule has 7 nitrogen and oxygen atoms in total. The van der Waals surface area contributed by atoms with E-state index >= 15 is 0 Å². The van der Waals surface area contributed by atoms with Gasteiger partial charge in [0.2, 0.25) is 0 Å². The molecule has 0 aliphatic rings. The lowest BCUT2D eigenvalue weighted by Crippen LogP contribution is -2.31. The Labute approximate surface area is 153 Å². The smallest absolute Gasteiger partial charge is 0.344 e. The Morgan fingerprint density at radius 2 is 2.08 bits per heavy atom. The van der Waals surface area contributed by atoms with Crippen LogP contribution in [0, 0.1) is 0 Å². The molecular weight excluding hydrogens is 342 g/mol. The van der Waals surface area contributed by atoms with Crippen molar-refractivity contribution >= 4 is 29.5 Å². The molecule has 0 saturated heterocycles. The summed E-state index contributed by atoms with van der Waals surface area (Å²) in [6, 6.07) is 5.25. The Balaban J connectivity index is 2.70. The molecule has 1 rings (SSSR count). The largest absolute Gasteiger partial charge is 0.490 e. The number of nitrogens with zero attached hydrogens (tertiary/aromatic N) is 1. The van der Waals surface area contributed by atoms with Gasteiger partial charge in [-0.25, -0.2) is 4.79 Å². The van der Waals surface area contributed by atoms with E-state index in [1.807, 2.05) is 6.92 Å². The minimum atomic E-state index is -0.430. The first-order valence-electron chi connectivity index (χ1n) is 7.83. The highest BCUT2D eigenvalue weighted by molar-refractivity contribution is 7.80. The number of carbonyl (C=O) groups excluding carboxylic acids is 1. The van der Waals surface area contributed by atoms with Crippen molar-refractivity contribution in [2.24, 2.45) is 5.10 Å². The molecule has 8 heteroatoms. The van der Waals surface area contributed by atoms with E-state index in [1.165, 1.54) is 0 Å². The van der Waals surface area contributed by atoms with Crippen molar-refractivity contribution < 1.29 is 19.0 Å². The highest BCUT2D eigenvalue weighted by Gasteiger charge is 2.09. The molecule has 0 fully saturated rings. The lowest BCUT2D eigenvalue weighted by Gasteiger charge is -2.12. The third-order valence-corrected chi connectivity index (χ3v) is 2.94. The Morgan fingerprint density at radius 3 is 2.76 bits per heavy atom. The summed E-state index contributed by atoms with van der Waals surface area (Å²) in [5.74, 6) is 0.548. The first-order chi connectivity index (χ1) is 12.1. The summed E-state index contributed by atoms with van der Waals surface area (Å²) >= 11 is 5.03. The van der Waals surface area contributed by atoms with Crippen LogP contribution in [0.4, 0.5) is 0 Å². The molecule has 1 aromatic carbocycles. The molecule has 0 radical (unpaired) electrons. The zero-order chi connectivity index (χ0) is 18.5. The van der Waals surface area contributed by atoms with Crippen molar-refractivity contribution in [1.29, 1.82) is 0 Å². The molecule has 0 bridgehead atoms. The topological polar surface area (TPSA) is 81.2 Å². The van der Waals surface area contributed by atoms with E-state index in [1.54, 1.807) is 37.4 Å². The number of benzene rings is 1. The summed E-state index contributed by atoms with van der Waals surface area (Å²) in [5.41, 5.74) is 3.48. The minimum absolute atomic E-state index is 0.174. The third kappa shape index (κ3) is 8.16.